The second-order valence-corrected chi connectivity index (χ2v) is 9.76. The topological polar surface area (TPSA) is 49.8 Å². The molecule has 2 aromatic carbocycles. The van der Waals surface area contributed by atoms with Gasteiger partial charge in [0.25, 0.3) is 5.91 Å². The van der Waals surface area contributed by atoms with Crippen LogP contribution in [0, 0.1) is 0 Å². The van der Waals surface area contributed by atoms with E-state index in [1.807, 2.05) is 17.0 Å². The molecule has 7 heteroatoms. The summed E-state index contributed by atoms with van der Waals surface area (Å²) in [7, 11) is 0. The summed E-state index contributed by atoms with van der Waals surface area (Å²) in [6.45, 7) is 1.35. The molecule has 0 radical (unpaired) electrons. The van der Waals surface area contributed by atoms with Crippen molar-refractivity contribution in [3.63, 3.8) is 0 Å². The van der Waals surface area contributed by atoms with Crippen molar-refractivity contribution >= 4 is 5.91 Å². The molecule has 1 aliphatic heterocycles. The van der Waals surface area contributed by atoms with Crippen LogP contribution >= 0.6 is 0 Å². The number of nitrogens with zero attached hydrogens (tertiary/aromatic N) is 1. The third-order valence-electron chi connectivity index (χ3n) is 7.59. The van der Waals surface area contributed by atoms with Crippen LogP contribution in [0.2, 0.25) is 0 Å². The molecule has 2 fully saturated rings. The number of benzene rings is 2. The van der Waals surface area contributed by atoms with Gasteiger partial charge in [-0.2, -0.15) is 13.2 Å². The third-order valence-corrected chi connectivity index (χ3v) is 7.59. The molecule has 0 bridgehead atoms. The minimum Gasteiger partial charge on any atom is -0.376 e. The SMILES string of the molecule is C[C@](O)(c1ccc(C(=O)N(C2CC2)[C@H]2CC[C@]3(CC2)OCc2ccccc23)cc1)C(F)(F)F. The van der Waals surface area contributed by atoms with Crippen LogP contribution in [-0.2, 0) is 22.5 Å². The Morgan fingerprint density at radius 3 is 2.21 bits per heavy atom. The molecule has 1 N–H and O–H groups in total. The largest absolute Gasteiger partial charge is 0.421 e. The van der Waals surface area contributed by atoms with Crippen molar-refractivity contribution in [3.05, 3.63) is 70.8 Å². The Morgan fingerprint density at radius 1 is 1.00 bits per heavy atom. The van der Waals surface area contributed by atoms with Crippen LogP contribution in [0.25, 0.3) is 0 Å². The lowest BCUT2D eigenvalue weighted by Gasteiger charge is -2.42. The van der Waals surface area contributed by atoms with Crippen LogP contribution in [0.5, 0.6) is 0 Å². The van der Waals surface area contributed by atoms with Crippen molar-refractivity contribution in [3.8, 4) is 0 Å². The number of fused-ring (bicyclic) bond motifs is 2. The van der Waals surface area contributed by atoms with Crippen LogP contribution in [0.3, 0.4) is 0 Å². The molecule has 2 saturated carbocycles. The molecular formula is C26H28F3NO3. The molecule has 3 aliphatic rings. The number of rotatable bonds is 4. The van der Waals surface area contributed by atoms with Crippen LogP contribution in [0.4, 0.5) is 13.2 Å². The van der Waals surface area contributed by atoms with Gasteiger partial charge in [0, 0.05) is 17.6 Å². The molecule has 1 heterocycles. The van der Waals surface area contributed by atoms with Crippen LogP contribution in [0.1, 0.15) is 72.5 Å². The molecule has 1 amide bonds. The molecule has 0 saturated heterocycles. The van der Waals surface area contributed by atoms with Gasteiger partial charge < -0.3 is 14.7 Å². The lowest BCUT2D eigenvalue weighted by atomic mass is 9.77. The van der Waals surface area contributed by atoms with E-state index >= 15 is 0 Å². The fourth-order valence-electron chi connectivity index (χ4n) is 5.38. The number of amides is 1. The lowest BCUT2D eigenvalue weighted by molar-refractivity contribution is -0.258. The number of aliphatic hydroxyl groups is 1. The summed E-state index contributed by atoms with van der Waals surface area (Å²) >= 11 is 0. The summed E-state index contributed by atoms with van der Waals surface area (Å²) in [4.78, 5) is 15.4. The first kappa shape index (κ1) is 22.4. The molecular weight excluding hydrogens is 431 g/mol. The van der Waals surface area contributed by atoms with Crippen molar-refractivity contribution in [1.29, 1.82) is 0 Å². The molecule has 0 unspecified atom stereocenters. The normalized spacial score (nSPS) is 26.6. The van der Waals surface area contributed by atoms with Gasteiger partial charge in [0.15, 0.2) is 5.60 Å². The average Bonchev–Trinajstić information content (AvgIpc) is 3.57. The Bertz CT molecular complexity index is 1040. The Kier molecular flexibility index (Phi) is 5.33. The maximum Gasteiger partial charge on any atom is 0.421 e. The molecule has 1 spiro atoms. The van der Waals surface area contributed by atoms with Gasteiger partial charge in [-0.25, -0.2) is 0 Å². The van der Waals surface area contributed by atoms with Crippen molar-refractivity contribution in [1.82, 2.24) is 4.90 Å². The number of hydrogen-bond donors (Lipinski definition) is 1. The third kappa shape index (κ3) is 3.85. The first-order chi connectivity index (χ1) is 15.6. The van der Waals surface area contributed by atoms with E-state index in [9.17, 15) is 23.1 Å². The van der Waals surface area contributed by atoms with E-state index in [4.69, 9.17) is 4.74 Å². The quantitative estimate of drug-likeness (QED) is 0.664. The minimum absolute atomic E-state index is 0.0879. The highest BCUT2D eigenvalue weighted by atomic mass is 19.4. The van der Waals surface area contributed by atoms with Crippen LogP contribution in [-0.4, -0.2) is 34.2 Å². The van der Waals surface area contributed by atoms with E-state index in [0.29, 0.717) is 12.2 Å². The standard InChI is InChI=1S/C26H28F3NO3/c1-24(32,26(27,28)29)19-8-6-17(7-9-19)23(31)30(20-10-11-20)21-12-14-25(15-13-21)22-5-3-2-4-18(22)16-33-25/h2-9,20-21,32H,10-16H2,1H3/t21-,24-,25+/m0/s1. The zero-order valence-electron chi connectivity index (χ0n) is 18.6. The molecule has 2 aliphatic carbocycles. The van der Waals surface area contributed by atoms with Gasteiger partial charge in [-0.05, 0) is 74.3 Å². The maximum atomic E-state index is 13.4. The van der Waals surface area contributed by atoms with E-state index in [2.05, 4.69) is 12.1 Å². The highest BCUT2D eigenvalue weighted by Crippen LogP contribution is 2.48. The van der Waals surface area contributed by atoms with Gasteiger partial charge in [0.05, 0.1) is 12.2 Å². The van der Waals surface area contributed by atoms with Crippen molar-refractivity contribution in [2.24, 2.45) is 0 Å². The van der Waals surface area contributed by atoms with Gasteiger partial charge in [0.2, 0.25) is 0 Å². The van der Waals surface area contributed by atoms with Gasteiger partial charge in [-0.1, -0.05) is 36.4 Å². The van der Waals surface area contributed by atoms with E-state index < -0.39 is 11.8 Å². The summed E-state index contributed by atoms with van der Waals surface area (Å²) in [5, 5.41) is 9.90. The number of halogens is 3. The Morgan fingerprint density at radius 2 is 1.61 bits per heavy atom. The Hall–Kier alpha value is -2.38. The molecule has 4 nitrogen and oxygen atoms in total. The number of carbonyl (C=O) groups is 1. The predicted molar refractivity (Wildman–Crippen MR) is 116 cm³/mol. The molecule has 0 aromatic heterocycles. The molecule has 5 rings (SSSR count). The van der Waals surface area contributed by atoms with Crippen LogP contribution < -0.4 is 0 Å². The fraction of sp³-hybridized carbons (Fsp3) is 0.500. The second kappa shape index (κ2) is 7.84. The lowest BCUT2D eigenvalue weighted by Crippen LogP contribution is -2.46. The van der Waals surface area contributed by atoms with Crippen molar-refractivity contribution < 1.29 is 27.8 Å². The number of ether oxygens (including phenoxy) is 1. The zero-order chi connectivity index (χ0) is 23.4. The highest BCUT2D eigenvalue weighted by molar-refractivity contribution is 5.95. The highest BCUT2D eigenvalue weighted by Gasteiger charge is 2.51. The fourth-order valence-corrected chi connectivity index (χ4v) is 5.38. The van der Waals surface area contributed by atoms with E-state index in [1.54, 1.807) is 0 Å². The van der Waals surface area contributed by atoms with Gasteiger partial charge >= 0.3 is 6.18 Å². The predicted octanol–water partition coefficient (Wildman–Crippen LogP) is 5.43. The molecule has 176 valence electrons. The molecule has 1 atom stereocenters. The zero-order valence-corrected chi connectivity index (χ0v) is 18.6. The molecule has 33 heavy (non-hydrogen) atoms. The van der Waals surface area contributed by atoms with E-state index in [-0.39, 0.29) is 29.2 Å². The van der Waals surface area contributed by atoms with Gasteiger partial charge in [-0.3, -0.25) is 4.79 Å². The summed E-state index contributed by atoms with van der Waals surface area (Å²) in [5.74, 6) is -0.149. The first-order valence-corrected chi connectivity index (χ1v) is 11.6. The summed E-state index contributed by atoms with van der Waals surface area (Å²) in [5.41, 5.74) is -0.649. The van der Waals surface area contributed by atoms with Crippen LogP contribution in [0.15, 0.2) is 48.5 Å². The van der Waals surface area contributed by atoms with Gasteiger partial charge in [-0.15, -0.1) is 0 Å². The molecule has 2 aromatic rings. The summed E-state index contributed by atoms with van der Waals surface area (Å²) < 4.78 is 45.7. The first-order valence-electron chi connectivity index (χ1n) is 11.6. The smallest absolute Gasteiger partial charge is 0.376 e. The number of carbonyl (C=O) groups excluding carboxylic acids is 1. The van der Waals surface area contributed by atoms with E-state index in [1.165, 1.54) is 35.4 Å². The average molecular weight is 460 g/mol. The van der Waals surface area contributed by atoms with E-state index in [0.717, 1.165) is 45.4 Å². The Labute approximate surface area is 191 Å². The Balaban J connectivity index is 1.32. The van der Waals surface area contributed by atoms with Crippen molar-refractivity contribution in [2.45, 2.75) is 81.5 Å². The second-order valence-electron chi connectivity index (χ2n) is 9.76. The number of hydrogen-bond acceptors (Lipinski definition) is 3. The summed E-state index contributed by atoms with van der Waals surface area (Å²) in [6, 6.07) is 13.8. The minimum atomic E-state index is -4.79. The number of alkyl halides is 3. The monoisotopic (exact) mass is 459 g/mol. The summed E-state index contributed by atoms with van der Waals surface area (Å²) in [6.07, 6.45) is 0.463. The van der Waals surface area contributed by atoms with Gasteiger partial charge in [0.1, 0.15) is 0 Å². The maximum absolute atomic E-state index is 13.4. The van der Waals surface area contributed by atoms with Crippen molar-refractivity contribution in [2.75, 3.05) is 0 Å².